The Morgan fingerprint density at radius 3 is 2.33 bits per heavy atom. The molecule has 156 valence electrons. The van der Waals surface area contributed by atoms with Crippen LogP contribution in [0.4, 0.5) is 23.7 Å². The van der Waals surface area contributed by atoms with Crippen molar-refractivity contribution in [2.75, 3.05) is 18.7 Å². The van der Waals surface area contributed by atoms with Gasteiger partial charge in [-0.3, -0.25) is 9.69 Å². The number of rotatable bonds is 4. The number of hydrogen-bond acceptors (Lipinski definition) is 5. The molecule has 30 heavy (non-hydrogen) atoms. The number of urea groups is 1. The first-order valence-corrected chi connectivity index (χ1v) is 8.61. The van der Waals surface area contributed by atoms with E-state index >= 15 is 0 Å². The Hall–Kier alpha value is -3.58. The second-order valence-corrected chi connectivity index (χ2v) is 6.73. The van der Waals surface area contributed by atoms with Crippen LogP contribution in [0, 0.1) is 11.3 Å². The Kier molecular flexibility index (Phi) is 5.18. The topological polar surface area (TPSA) is 93.9 Å². The number of amides is 3. The number of nitriles is 1. The fourth-order valence-electron chi connectivity index (χ4n) is 3.34. The minimum atomic E-state index is -4.85. The van der Waals surface area contributed by atoms with Crippen molar-refractivity contribution in [3.05, 3.63) is 59.2 Å². The highest BCUT2D eigenvalue weighted by Gasteiger charge is 2.56. The van der Waals surface area contributed by atoms with Gasteiger partial charge in [-0.2, -0.15) is 18.4 Å². The minimum Gasteiger partial charge on any atom is -0.508 e. The summed E-state index contributed by atoms with van der Waals surface area (Å²) in [7, 11) is 1.31. The quantitative estimate of drug-likeness (QED) is 0.765. The minimum absolute atomic E-state index is 0.0591. The standard InChI is InChI=1S/C20H16F3N3O4/c1-19(13-4-7-15(27)8-5-13)17(28)26(18(29)25(19)11-30-2)14-6-3-12(10-24)16(9-14)20(21,22)23/h3-9,27H,11H2,1-2H3. The van der Waals surface area contributed by atoms with Gasteiger partial charge in [-0.05, 0) is 42.8 Å². The molecule has 1 fully saturated rings. The molecule has 1 aliphatic heterocycles. The summed E-state index contributed by atoms with van der Waals surface area (Å²) < 4.78 is 45.1. The largest absolute Gasteiger partial charge is 0.508 e. The van der Waals surface area contributed by atoms with Crippen molar-refractivity contribution in [1.82, 2.24) is 4.90 Å². The van der Waals surface area contributed by atoms with Crippen molar-refractivity contribution in [1.29, 1.82) is 5.26 Å². The van der Waals surface area contributed by atoms with E-state index in [-0.39, 0.29) is 18.2 Å². The first-order valence-electron chi connectivity index (χ1n) is 8.61. The highest BCUT2D eigenvalue weighted by Crippen LogP contribution is 2.41. The lowest BCUT2D eigenvalue weighted by molar-refractivity contribution is -0.137. The van der Waals surface area contributed by atoms with Crippen molar-refractivity contribution >= 4 is 17.6 Å². The van der Waals surface area contributed by atoms with Crippen LogP contribution in [0.5, 0.6) is 5.75 Å². The number of phenols is 1. The summed E-state index contributed by atoms with van der Waals surface area (Å²) in [6.45, 7) is 1.13. The number of imide groups is 1. The number of hydrogen-bond donors (Lipinski definition) is 1. The maximum absolute atomic E-state index is 13.4. The number of benzene rings is 2. The van der Waals surface area contributed by atoms with Gasteiger partial charge in [0, 0.05) is 7.11 Å². The number of halogens is 3. The monoisotopic (exact) mass is 419 g/mol. The molecule has 2 aromatic rings. The number of anilines is 1. The highest BCUT2D eigenvalue weighted by atomic mass is 19.4. The molecule has 1 saturated heterocycles. The third-order valence-corrected chi connectivity index (χ3v) is 4.96. The highest BCUT2D eigenvalue weighted by molar-refractivity contribution is 6.23. The summed E-state index contributed by atoms with van der Waals surface area (Å²) in [5.41, 5.74) is -3.45. The third kappa shape index (κ3) is 3.23. The van der Waals surface area contributed by atoms with Crippen LogP contribution < -0.4 is 4.90 Å². The van der Waals surface area contributed by atoms with Gasteiger partial charge in [0.2, 0.25) is 0 Å². The molecule has 0 radical (unpaired) electrons. The second kappa shape index (κ2) is 7.35. The molecule has 3 rings (SSSR count). The first kappa shape index (κ1) is 21.1. The molecule has 1 aliphatic rings. The number of aromatic hydroxyl groups is 1. The number of alkyl halides is 3. The Labute approximate surface area is 169 Å². The first-order chi connectivity index (χ1) is 14.1. The predicted octanol–water partition coefficient (Wildman–Crippen LogP) is 3.57. The number of carbonyl (C=O) groups is 2. The zero-order chi connectivity index (χ0) is 22.3. The van der Waals surface area contributed by atoms with Crippen LogP contribution in [0.15, 0.2) is 42.5 Å². The SMILES string of the molecule is COCN1C(=O)N(c2ccc(C#N)c(C(F)(F)F)c2)C(=O)C1(C)c1ccc(O)cc1. The Morgan fingerprint density at radius 2 is 1.80 bits per heavy atom. The van der Waals surface area contributed by atoms with E-state index in [9.17, 15) is 27.9 Å². The summed E-state index contributed by atoms with van der Waals surface area (Å²) in [5, 5.41) is 18.5. The molecular formula is C20H16F3N3O4. The van der Waals surface area contributed by atoms with E-state index in [1.165, 1.54) is 44.4 Å². The van der Waals surface area contributed by atoms with Gasteiger partial charge in [-0.25, -0.2) is 9.69 Å². The lowest BCUT2D eigenvalue weighted by Crippen LogP contribution is -2.45. The average molecular weight is 419 g/mol. The summed E-state index contributed by atoms with van der Waals surface area (Å²) >= 11 is 0. The molecule has 1 unspecified atom stereocenters. The number of methoxy groups -OCH3 is 1. The lowest BCUT2D eigenvalue weighted by atomic mass is 9.90. The van der Waals surface area contributed by atoms with Crippen LogP contribution in [0.25, 0.3) is 0 Å². The van der Waals surface area contributed by atoms with Gasteiger partial charge in [0.05, 0.1) is 22.9 Å². The number of ether oxygens (including phenoxy) is 1. The maximum Gasteiger partial charge on any atom is 0.417 e. The van der Waals surface area contributed by atoms with Crippen LogP contribution in [0.3, 0.4) is 0 Å². The molecule has 0 spiro atoms. The molecule has 10 heteroatoms. The molecule has 2 aromatic carbocycles. The molecule has 0 aromatic heterocycles. The number of carbonyl (C=O) groups excluding carboxylic acids is 2. The van der Waals surface area contributed by atoms with Crippen LogP contribution in [0.1, 0.15) is 23.6 Å². The van der Waals surface area contributed by atoms with Crippen LogP contribution in [-0.2, 0) is 21.2 Å². The summed E-state index contributed by atoms with van der Waals surface area (Å²) in [6.07, 6.45) is -4.85. The molecule has 1 heterocycles. The molecule has 3 amide bonds. The van der Waals surface area contributed by atoms with Crippen molar-refractivity contribution in [2.45, 2.75) is 18.6 Å². The summed E-state index contributed by atoms with van der Waals surface area (Å²) in [4.78, 5) is 28.1. The average Bonchev–Trinajstić information content (AvgIpc) is 2.89. The zero-order valence-corrected chi connectivity index (χ0v) is 15.9. The van der Waals surface area contributed by atoms with Gasteiger partial charge in [-0.15, -0.1) is 0 Å². The van der Waals surface area contributed by atoms with Crippen LogP contribution in [0.2, 0.25) is 0 Å². The molecular weight excluding hydrogens is 403 g/mol. The van der Waals surface area contributed by atoms with Crippen molar-refractivity contribution in [3.8, 4) is 11.8 Å². The molecule has 1 atom stereocenters. The fraction of sp³-hybridized carbons (Fsp3) is 0.250. The lowest BCUT2D eigenvalue weighted by Gasteiger charge is -2.31. The normalized spacial score (nSPS) is 19.3. The Balaban J connectivity index is 2.16. The van der Waals surface area contributed by atoms with Gasteiger partial charge in [0.25, 0.3) is 5.91 Å². The van der Waals surface area contributed by atoms with E-state index in [1.54, 1.807) is 0 Å². The van der Waals surface area contributed by atoms with Gasteiger partial charge in [0.1, 0.15) is 18.0 Å². The van der Waals surface area contributed by atoms with Gasteiger partial charge >= 0.3 is 12.2 Å². The number of nitrogens with zero attached hydrogens (tertiary/aromatic N) is 3. The van der Waals surface area contributed by atoms with Crippen LogP contribution in [-0.4, -0.2) is 35.8 Å². The second-order valence-electron chi connectivity index (χ2n) is 6.73. The molecule has 0 saturated carbocycles. The van der Waals surface area contributed by atoms with E-state index in [0.717, 1.165) is 17.0 Å². The number of phenolic OH excluding ortho intramolecular Hbond substituents is 1. The van der Waals surface area contributed by atoms with Crippen molar-refractivity contribution in [3.63, 3.8) is 0 Å². The molecule has 0 aliphatic carbocycles. The van der Waals surface area contributed by atoms with Gasteiger partial charge in [-0.1, -0.05) is 12.1 Å². The zero-order valence-electron chi connectivity index (χ0n) is 15.9. The van der Waals surface area contributed by atoms with E-state index in [4.69, 9.17) is 10.00 Å². The van der Waals surface area contributed by atoms with E-state index in [0.29, 0.717) is 16.5 Å². The summed E-state index contributed by atoms with van der Waals surface area (Å²) in [6, 6.07) is 8.73. The molecule has 7 nitrogen and oxygen atoms in total. The predicted molar refractivity (Wildman–Crippen MR) is 98.2 cm³/mol. The van der Waals surface area contributed by atoms with Crippen LogP contribution >= 0.6 is 0 Å². The van der Waals surface area contributed by atoms with Gasteiger partial charge < -0.3 is 9.84 Å². The molecule has 0 bridgehead atoms. The van der Waals surface area contributed by atoms with E-state index in [1.807, 2.05) is 0 Å². The fourth-order valence-corrected chi connectivity index (χ4v) is 3.34. The molecule has 1 N–H and O–H groups in total. The van der Waals surface area contributed by atoms with Crippen molar-refractivity contribution in [2.24, 2.45) is 0 Å². The van der Waals surface area contributed by atoms with Crippen molar-refractivity contribution < 1.29 is 32.6 Å². The van der Waals surface area contributed by atoms with E-state index < -0.39 is 34.8 Å². The van der Waals surface area contributed by atoms with E-state index in [2.05, 4.69) is 0 Å². The maximum atomic E-state index is 13.4. The smallest absolute Gasteiger partial charge is 0.417 e. The summed E-state index contributed by atoms with van der Waals surface area (Å²) in [5.74, 6) is -0.857. The third-order valence-electron chi connectivity index (χ3n) is 4.96. The van der Waals surface area contributed by atoms with Gasteiger partial charge in [0.15, 0.2) is 0 Å². The Morgan fingerprint density at radius 1 is 1.17 bits per heavy atom. The Bertz CT molecular complexity index is 1050.